The molecule has 2 N–H and O–H groups in total. The molecule has 0 aliphatic carbocycles. The number of para-hydroxylation sites is 1. The standard InChI is InChI=1S/C13H9BrF3NO/c14-9-2-1-3-10(12(9)18)19-11-6-7(15)4-5-8(11)13(16)17/h1-6,13H,18H2. The Morgan fingerprint density at radius 1 is 1.11 bits per heavy atom. The van der Waals surface area contributed by atoms with Crippen molar-refractivity contribution in [2.24, 2.45) is 0 Å². The van der Waals surface area contributed by atoms with Crippen molar-refractivity contribution in [3.63, 3.8) is 0 Å². The number of hydrogen-bond donors (Lipinski definition) is 1. The number of anilines is 1. The fourth-order valence-corrected chi connectivity index (χ4v) is 1.85. The Balaban J connectivity index is 2.42. The van der Waals surface area contributed by atoms with E-state index < -0.39 is 12.2 Å². The maximum atomic E-state index is 13.1. The second-order valence-corrected chi connectivity index (χ2v) is 4.59. The van der Waals surface area contributed by atoms with Crippen LogP contribution in [0.4, 0.5) is 18.9 Å². The smallest absolute Gasteiger partial charge is 0.267 e. The average molecular weight is 332 g/mol. The van der Waals surface area contributed by atoms with E-state index in [1.165, 1.54) is 6.07 Å². The number of ether oxygens (including phenoxy) is 1. The van der Waals surface area contributed by atoms with Gasteiger partial charge in [-0.05, 0) is 40.2 Å². The van der Waals surface area contributed by atoms with Crippen molar-refractivity contribution in [2.75, 3.05) is 5.73 Å². The van der Waals surface area contributed by atoms with Crippen molar-refractivity contribution in [3.8, 4) is 11.5 Å². The molecule has 0 amide bonds. The number of halogens is 4. The highest BCUT2D eigenvalue weighted by atomic mass is 79.9. The highest BCUT2D eigenvalue weighted by Gasteiger charge is 2.16. The molecule has 6 heteroatoms. The van der Waals surface area contributed by atoms with E-state index in [0.717, 1.165) is 18.2 Å². The second-order valence-electron chi connectivity index (χ2n) is 3.74. The fraction of sp³-hybridized carbons (Fsp3) is 0.0769. The van der Waals surface area contributed by atoms with Gasteiger partial charge in [-0.3, -0.25) is 0 Å². The molecule has 2 aromatic rings. The molecular weight excluding hydrogens is 323 g/mol. The van der Waals surface area contributed by atoms with E-state index in [-0.39, 0.29) is 22.7 Å². The minimum atomic E-state index is -2.76. The van der Waals surface area contributed by atoms with Crippen LogP contribution in [0.3, 0.4) is 0 Å². The number of nitrogen functional groups attached to an aromatic ring is 1. The maximum absolute atomic E-state index is 13.1. The molecule has 0 atom stereocenters. The van der Waals surface area contributed by atoms with Gasteiger partial charge in [0.1, 0.15) is 11.6 Å². The van der Waals surface area contributed by atoms with Crippen LogP contribution in [0.25, 0.3) is 0 Å². The summed E-state index contributed by atoms with van der Waals surface area (Å²) in [6.45, 7) is 0. The number of nitrogens with two attached hydrogens (primary N) is 1. The largest absolute Gasteiger partial charge is 0.455 e. The van der Waals surface area contributed by atoms with Crippen LogP contribution in [0, 0.1) is 5.82 Å². The lowest BCUT2D eigenvalue weighted by atomic mass is 10.2. The first kappa shape index (κ1) is 13.7. The molecule has 0 aliphatic heterocycles. The molecule has 19 heavy (non-hydrogen) atoms. The Hall–Kier alpha value is -1.69. The lowest BCUT2D eigenvalue weighted by Crippen LogP contribution is -1.97. The predicted octanol–water partition coefficient (Wildman–Crippen LogP) is 4.90. The van der Waals surface area contributed by atoms with Crippen molar-refractivity contribution >= 4 is 21.6 Å². The quantitative estimate of drug-likeness (QED) is 0.812. The van der Waals surface area contributed by atoms with Crippen LogP contribution in [0.15, 0.2) is 40.9 Å². The molecule has 0 aromatic heterocycles. The molecule has 2 rings (SSSR count). The lowest BCUT2D eigenvalue weighted by molar-refractivity contribution is 0.148. The first-order chi connectivity index (χ1) is 8.99. The molecule has 0 saturated carbocycles. The van der Waals surface area contributed by atoms with Crippen LogP contribution in [0.1, 0.15) is 12.0 Å². The van der Waals surface area contributed by atoms with E-state index in [9.17, 15) is 13.2 Å². The summed E-state index contributed by atoms with van der Waals surface area (Å²) < 4.78 is 44.6. The number of rotatable bonds is 3. The summed E-state index contributed by atoms with van der Waals surface area (Å²) in [5, 5.41) is 0. The topological polar surface area (TPSA) is 35.2 Å². The zero-order valence-corrected chi connectivity index (χ0v) is 11.1. The average Bonchev–Trinajstić information content (AvgIpc) is 2.35. The van der Waals surface area contributed by atoms with Crippen molar-refractivity contribution < 1.29 is 17.9 Å². The first-order valence-corrected chi connectivity index (χ1v) is 6.08. The van der Waals surface area contributed by atoms with Gasteiger partial charge in [-0.1, -0.05) is 6.07 Å². The third kappa shape index (κ3) is 3.01. The first-order valence-electron chi connectivity index (χ1n) is 5.28. The fourth-order valence-electron chi connectivity index (χ4n) is 1.50. The monoisotopic (exact) mass is 331 g/mol. The summed E-state index contributed by atoms with van der Waals surface area (Å²) in [5.41, 5.74) is 5.61. The Kier molecular flexibility index (Phi) is 3.99. The molecule has 2 nitrogen and oxygen atoms in total. The Labute approximate surface area is 116 Å². The van der Waals surface area contributed by atoms with E-state index in [2.05, 4.69) is 15.9 Å². The van der Waals surface area contributed by atoms with Gasteiger partial charge < -0.3 is 10.5 Å². The van der Waals surface area contributed by atoms with Gasteiger partial charge in [-0.2, -0.15) is 0 Å². The summed E-state index contributed by atoms with van der Waals surface area (Å²) in [7, 11) is 0. The van der Waals surface area contributed by atoms with Gasteiger partial charge in [0, 0.05) is 10.5 Å². The van der Waals surface area contributed by atoms with Crippen molar-refractivity contribution in [2.45, 2.75) is 6.43 Å². The molecule has 0 unspecified atom stereocenters. The van der Waals surface area contributed by atoms with E-state index in [1.807, 2.05) is 0 Å². The van der Waals surface area contributed by atoms with Crippen LogP contribution in [-0.4, -0.2) is 0 Å². The molecule has 0 radical (unpaired) electrons. The Morgan fingerprint density at radius 3 is 2.53 bits per heavy atom. The molecular formula is C13H9BrF3NO. The summed E-state index contributed by atoms with van der Waals surface area (Å²) in [6.07, 6.45) is -2.76. The third-order valence-corrected chi connectivity index (χ3v) is 3.14. The van der Waals surface area contributed by atoms with Crippen LogP contribution in [-0.2, 0) is 0 Å². The zero-order valence-electron chi connectivity index (χ0n) is 9.54. The van der Waals surface area contributed by atoms with E-state index >= 15 is 0 Å². The molecule has 2 aromatic carbocycles. The van der Waals surface area contributed by atoms with Gasteiger partial charge in [0.15, 0.2) is 5.75 Å². The van der Waals surface area contributed by atoms with Crippen LogP contribution in [0.5, 0.6) is 11.5 Å². The summed E-state index contributed by atoms with van der Waals surface area (Å²) in [5.74, 6) is -0.727. The minimum Gasteiger partial charge on any atom is -0.455 e. The molecule has 0 saturated heterocycles. The van der Waals surface area contributed by atoms with Gasteiger partial charge in [-0.25, -0.2) is 13.2 Å². The second kappa shape index (κ2) is 5.52. The summed E-state index contributed by atoms with van der Waals surface area (Å²) in [6, 6.07) is 7.68. The van der Waals surface area contributed by atoms with E-state index in [0.29, 0.717) is 4.47 Å². The van der Waals surface area contributed by atoms with Crippen molar-refractivity contribution in [1.82, 2.24) is 0 Å². The van der Waals surface area contributed by atoms with Crippen LogP contribution in [0.2, 0.25) is 0 Å². The van der Waals surface area contributed by atoms with Crippen molar-refractivity contribution in [1.29, 1.82) is 0 Å². The normalized spacial score (nSPS) is 10.8. The zero-order chi connectivity index (χ0) is 14.0. The Bertz CT molecular complexity index is 604. The molecule has 0 bridgehead atoms. The van der Waals surface area contributed by atoms with E-state index in [4.69, 9.17) is 10.5 Å². The molecule has 0 aliphatic rings. The van der Waals surface area contributed by atoms with E-state index in [1.54, 1.807) is 12.1 Å². The number of benzene rings is 2. The highest BCUT2D eigenvalue weighted by molar-refractivity contribution is 9.10. The SMILES string of the molecule is Nc1c(Br)cccc1Oc1cc(F)ccc1C(F)F. The van der Waals surface area contributed by atoms with Gasteiger partial charge in [0.25, 0.3) is 6.43 Å². The minimum absolute atomic E-state index is 0.182. The molecule has 0 heterocycles. The summed E-state index contributed by atoms with van der Waals surface area (Å²) in [4.78, 5) is 0. The Morgan fingerprint density at radius 2 is 1.84 bits per heavy atom. The summed E-state index contributed by atoms with van der Waals surface area (Å²) >= 11 is 3.19. The van der Waals surface area contributed by atoms with Crippen LogP contribution >= 0.6 is 15.9 Å². The maximum Gasteiger partial charge on any atom is 0.267 e. The van der Waals surface area contributed by atoms with Gasteiger partial charge in [-0.15, -0.1) is 0 Å². The molecule has 0 fully saturated rings. The molecule has 100 valence electrons. The highest BCUT2D eigenvalue weighted by Crippen LogP contribution is 2.37. The van der Waals surface area contributed by atoms with Crippen LogP contribution < -0.4 is 10.5 Å². The molecule has 0 spiro atoms. The van der Waals surface area contributed by atoms with Crippen molar-refractivity contribution in [3.05, 3.63) is 52.3 Å². The third-order valence-electron chi connectivity index (χ3n) is 2.44. The van der Waals surface area contributed by atoms with Gasteiger partial charge in [0.2, 0.25) is 0 Å². The van der Waals surface area contributed by atoms with Gasteiger partial charge >= 0.3 is 0 Å². The van der Waals surface area contributed by atoms with Gasteiger partial charge in [0.05, 0.1) is 11.3 Å². The number of alkyl halides is 2. The lowest BCUT2D eigenvalue weighted by Gasteiger charge is -2.13. The number of hydrogen-bond acceptors (Lipinski definition) is 2. The predicted molar refractivity (Wildman–Crippen MR) is 70.0 cm³/mol.